The van der Waals surface area contributed by atoms with Crippen molar-refractivity contribution in [1.29, 1.82) is 0 Å². The quantitative estimate of drug-likeness (QED) is 0.688. The number of nitrogens with one attached hydrogen (secondary N) is 1. The van der Waals surface area contributed by atoms with Crippen LogP contribution in [0.25, 0.3) is 0 Å². The molecule has 1 unspecified atom stereocenters. The van der Waals surface area contributed by atoms with E-state index < -0.39 is 6.17 Å². The van der Waals surface area contributed by atoms with Gasteiger partial charge in [0.2, 0.25) is 0 Å². The summed E-state index contributed by atoms with van der Waals surface area (Å²) in [5.41, 5.74) is 7.00. The first-order valence-corrected chi connectivity index (χ1v) is 6.69. The maximum atomic E-state index is 12.8. The van der Waals surface area contributed by atoms with Gasteiger partial charge in [-0.25, -0.2) is 4.39 Å². The molecule has 19 heavy (non-hydrogen) atoms. The van der Waals surface area contributed by atoms with Crippen LogP contribution in [0.1, 0.15) is 20.3 Å². The molecule has 0 aromatic rings. The maximum Gasteiger partial charge on any atom is 0.116 e. The Kier molecular flexibility index (Phi) is 7.03. The number of hydrogen-bond donors (Lipinski definition) is 2. The first-order valence-electron chi connectivity index (χ1n) is 6.69. The van der Waals surface area contributed by atoms with Crippen molar-refractivity contribution in [2.45, 2.75) is 32.5 Å². The zero-order valence-corrected chi connectivity index (χ0v) is 11.6. The van der Waals surface area contributed by atoms with Crippen LogP contribution in [0.5, 0.6) is 0 Å². The lowest BCUT2D eigenvalue weighted by molar-refractivity contribution is 0.380. The fraction of sp³-hybridized carbons (Fsp3) is 0.571. The summed E-state index contributed by atoms with van der Waals surface area (Å²) in [6.45, 7) is 5.83. The van der Waals surface area contributed by atoms with E-state index in [9.17, 15) is 4.39 Å². The SMILES string of the molecule is CCN=C(/C=C\C(C)F)/C(N)=C/C=NC[C@@H]1CCN1. The summed E-state index contributed by atoms with van der Waals surface area (Å²) in [6, 6.07) is 0.502. The minimum atomic E-state index is -1.01. The Labute approximate surface area is 114 Å². The second-order valence-corrected chi connectivity index (χ2v) is 4.47. The lowest BCUT2D eigenvalue weighted by atomic mass is 10.1. The number of hydrogen-bond acceptors (Lipinski definition) is 4. The normalized spacial score (nSPS) is 23.0. The van der Waals surface area contributed by atoms with E-state index in [1.807, 2.05) is 6.92 Å². The molecular weight excluding hydrogens is 243 g/mol. The monoisotopic (exact) mass is 266 g/mol. The Bertz CT molecular complexity index is 379. The summed E-state index contributed by atoms with van der Waals surface area (Å²) in [6.07, 6.45) is 6.61. The molecule has 1 fully saturated rings. The second-order valence-electron chi connectivity index (χ2n) is 4.47. The van der Waals surface area contributed by atoms with Crippen molar-refractivity contribution in [2.24, 2.45) is 15.7 Å². The Morgan fingerprint density at radius 2 is 2.32 bits per heavy atom. The lowest BCUT2D eigenvalue weighted by Crippen LogP contribution is -2.44. The van der Waals surface area contributed by atoms with E-state index in [2.05, 4.69) is 15.3 Å². The van der Waals surface area contributed by atoms with Crippen LogP contribution in [0.4, 0.5) is 4.39 Å². The number of alkyl halides is 1. The van der Waals surface area contributed by atoms with E-state index in [4.69, 9.17) is 5.73 Å². The summed E-state index contributed by atoms with van der Waals surface area (Å²) in [5, 5.41) is 3.27. The molecule has 1 aliphatic heterocycles. The molecule has 5 heteroatoms. The predicted molar refractivity (Wildman–Crippen MR) is 79.7 cm³/mol. The minimum absolute atomic E-state index is 0.502. The van der Waals surface area contributed by atoms with Crippen molar-refractivity contribution in [1.82, 2.24) is 5.32 Å². The van der Waals surface area contributed by atoms with E-state index in [1.165, 1.54) is 19.4 Å². The predicted octanol–water partition coefficient (Wildman–Crippen LogP) is 1.64. The molecule has 3 N–H and O–H groups in total. The summed E-state index contributed by atoms with van der Waals surface area (Å²) in [5.74, 6) is 0. The number of allylic oxidation sites excluding steroid dienone is 3. The molecule has 4 nitrogen and oxygen atoms in total. The van der Waals surface area contributed by atoms with E-state index in [0.29, 0.717) is 24.0 Å². The van der Waals surface area contributed by atoms with E-state index in [0.717, 1.165) is 13.1 Å². The number of halogens is 1. The van der Waals surface area contributed by atoms with Gasteiger partial charge in [0.15, 0.2) is 0 Å². The van der Waals surface area contributed by atoms with Crippen LogP contribution in [0.3, 0.4) is 0 Å². The third-order valence-electron chi connectivity index (χ3n) is 2.75. The highest BCUT2D eigenvalue weighted by molar-refractivity contribution is 6.09. The molecule has 2 atom stereocenters. The van der Waals surface area contributed by atoms with Crippen molar-refractivity contribution >= 4 is 11.9 Å². The Morgan fingerprint density at radius 3 is 2.84 bits per heavy atom. The molecule has 1 aliphatic rings. The van der Waals surface area contributed by atoms with Gasteiger partial charge >= 0.3 is 0 Å². The van der Waals surface area contributed by atoms with Gasteiger partial charge in [-0.3, -0.25) is 9.98 Å². The fourth-order valence-electron chi connectivity index (χ4n) is 1.55. The summed E-state index contributed by atoms with van der Waals surface area (Å²) in [4.78, 5) is 8.51. The third-order valence-corrected chi connectivity index (χ3v) is 2.75. The van der Waals surface area contributed by atoms with Gasteiger partial charge in [-0.15, -0.1) is 0 Å². The van der Waals surface area contributed by atoms with Gasteiger partial charge in [0.05, 0.1) is 18.0 Å². The van der Waals surface area contributed by atoms with Crippen LogP contribution in [0.2, 0.25) is 0 Å². The van der Waals surface area contributed by atoms with Gasteiger partial charge in [0.1, 0.15) is 6.17 Å². The number of aliphatic imine (C=N–C) groups is 2. The molecule has 0 radical (unpaired) electrons. The lowest BCUT2D eigenvalue weighted by Gasteiger charge is -2.25. The molecule has 0 bridgehead atoms. The molecule has 0 aliphatic carbocycles. The summed E-state index contributed by atoms with van der Waals surface area (Å²) >= 11 is 0. The van der Waals surface area contributed by atoms with Crippen LogP contribution in [-0.2, 0) is 0 Å². The van der Waals surface area contributed by atoms with Gasteiger partial charge in [-0.2, -0.15) is 0 Å². The smallest absolute Gasteiger partial charge is 0.116 e. The largest absolute Gasteiger partial charge is 0.397 e. The highest BCUT2D eigenvalue weighted by Gasteiger charge is 2.14. The Hall–Kier alpha value is -1.49. The molecule has 0 amide bonds. The number of rotatable bonds is 7. The van der Waals surface area contributed by atoms with Gasteiger partial charge < -0.3 is 11.1 Å². The highest BCUT2D eigenvalue weighted by atomic mass is 19.1. The maximum absolute atomic E-state index is 12.8. The van der Waals surface area contributed by atoms with E-state index >= 15 is 0 Å². The second kappa shape index (κ2) is 8.58. The van der Waals surface area contributed by atoms with Crippen molar-refractivity contribution in [2.75, 3.05) is 19.6 Å². The van der Waals surface area contributed by atoms with Crippen LogP contribution >= 0.6 is 0 Å². The topological polar surface area (TPSA) is 62.8 Å². The minimum Gasteiger partial charge on any atom is -0.397 e. The molecule has 1 heterocycles. The van der Waals surface area contributed by atoms with Crippen molar-refractivity contribution in [3.8, 4) is 0 Å². The molecule has 0 aromatic heterocycles. The first kappa shape index (κ1) is 15.6. The summed E-state index contributed by atoms with van der Waals surface area (Å²) in [7, 11) is 0. The van der Waals surface area contributed by atoms with E-state index in [1.54, 1.807) is 18.4 Å². The molecule has 0 spiro atoms. The molecule has 1 saturated heterocycles. The molecule has 1 rings (SSSR count). The van der Waals surface area contributed by atoms with Gasteiger partial charge in [-0.1, -0.05) is 0 Å². The zero-order valence-electron chi connectivity index (χ0n) is 11.6. The zero-order chi connectivity index (χ0) is 14.1. The standard InChI is InChI=1S/C14H23FN4/c1-3-18-14(5-4-11(2)15)13(16)7-8-17-10-12-6-9-19-12/h4-5,7-8,11-12,19H,3,6,9-10,16H2,1-2H3/b5-4-,13-7-,17-8?,18-14?/t11?,12-/m0/s1. The number of nitrogens with two attached hydrogens (primary N) is 1. The molecule has 0 saturated carbocycles. The average Bonchev–Trinajstić information content (AvgIpc) is 2.31. The average molecular weight is 266 g/mol. The van der Waals surface area contributed by atoms with Crippen molar-refractivity contribution in [3.05, 3.63) is 23.9 Å². The van der Waals surface area contributed by atoms with Crippen LogP contribution in [0, 0.1) is 0 Å². The first-order chi connectivity index (χ1) is 9.13. The van der Waals surface area contributed by atoms with E-state index in [-0.39, 0.29) is 0 Å². The highest BCUT2D eigenvalue weighted by Crippen LogP contribution is 2.01. The van der Waals surface area contributed by atoms with Gasteiger partial charge in [-0.05, 0) is 45.0 Å². The van der Waals surface area contributed by atoms with Crippen LogP contribution in [-0.4, -0.2) is 43.8 Å². The van der Waals surface area contributed by atoms with Crippen molar-refractivity contribution in [3.63, 3.8) is 0 Å². The number of nitrogens with zero attached hydrogens (tertiary/aromatic N) is 2. The van der Waals surface area contributed by atoms with Crippen molar-refractivity contribution < 1.29 is 4.39 Å². The van der Waals surface area contributed by atoms with Gasteiger partial charge in [0.25, 0.3) is 0 Å². The molecular formula is C14H23FN4. The van der Waals surface area contributed by atoms with Crippen LogP contribution < -0.4 is 11.1 Å². The molecule has 0 aromatic carbocycles. The van der Waals surface area contributed by atoms with Gasteiger partial charge in [0, 0.05) is 18.8 Å². The van der Waals surface area contributed by atoms with Crippen LogP contribution in [0.15, 0.2) is 33.9 Å². The molecule has 106 valence electrons. The Balaban J connectivity index is 2.54. The third kappa shape index (κ3) is 6.29. The fourth-order valence-corrected chi connectivity index (χ4v) is 1.55. The summed E-state index contributed by atoms with van der Waals surface area (Å²) < 4.78 is 12.8. The Morgan fingerprint density at radius 1 is 1.58 bits per heavy atom.